The molecule has 1 atom stereocenters. The third kappa shape index (κ3) is 3.75. The molecule has 0 radical (unpaired) electrons. The number of hydrogen-bond donors (Lipinski definition) is 2. The number of ether oxygens (including phenoxy) is 1. The molecule has 1 unspecified atom stereocenters. The predicted octanol–water partition coefficient (Wildman–Crippen LogP) is 2.72. The maximum atomic E-state index is 12.2. The van der Waals surface area contributed by atoms with Gasteiger partial charge in [0.25, 0.3) is 5.91 Å². The lowest BCUT2D eigenvalue weighted by Gasteiger charge is -2.15. The molecule has 0 saturated carbocycles. The van der Waals surface area contributed by atoms with Gasteiger partial charge in [-0.05, 0) is 24.3 Å². The number of aromatic carboxylic acids is 1. The van der Waals surface area contributed by atoms with Crippen molar-refractivity contribution in [3.8, 4) is 0 Å². The van der Waals surface area contributed by atoms with Crippen LogP contribution in [0.2, 0.25) is 0 Å². The van der Waals surface area contributed by atoms with Crippen LogP contribution in [-0.2, 0) is 11.2 Å². The smallest absolute Gasteiger partial charge is 0.345 e. The number of nitrogens with one attached hydrogen (secondary N) is 1. The monoisotopic (exact) mass is 323 g/mol. The molecule has 0 aliphatic rings. The number of amides is 1. The molecule has 0 saturated heterocycles. The lowest BCUT2D eigenvalue weighted by Crippen LogP contribution is -2.30. The van der Waals surface area contributed by atoms with Gasteiger partial charge in [-0.15, -0.1) is 11.3 Å². The van der Waals surface area contributed by atoms with Gasteiger partial charge in [-0.2, -0.15) is 0 Å². The van der Waals surface area contributed by atoms with Gasteiger partial charge in [-0.25, -0.2) is 4.79 Å². The van der Waals surface area contributed by atoms with Gasteiger partial charge in [0.2, 0.25) is 0 Å². The minimum Gasteiger partial charge on any atom is -0.477 e. The van der Waals surface area contributed by atoms with Crippen LogP contribution in [0.15, 0.2) is 28.7 Å². The average molecular weight is 323 g/mol. The third-order valence-electron chi connectivity index (χ3n) is 3.05. The molecule has 0 aliphatic carbocycles. The van der Waals surface area contributed by atoms with E-state index in [1.807, 2.05) is 13.0 Å². The lowest BCUT2D eigenvalue weighted by molar-refractivity contribution is 0.0702. The van der Waals surface area contributed by atoms with E-state index >= 15 is 0 Å². The Bertz CT molecular complexity index is 660. The highest BCUT2D eigenvalue weighted by Gasteiger charge is 2.20. The number of carbonyl (C=O) groups excluding carboxylic acids is 1. The van der Waals surface area contributed by atoms with E-state index in [4.69, 9.17) is 14.3 Å². The van der Waals surface area contributed by atoms with Crippen LogP contribution in [0.3, 0.4) is 0 Å². The van der Waals surface area contributed by atoms with E-state index in [1.165, 1.54) is 19.2 Å². The van der Waals surface area contributed by atoms with Gasteiger partial charge in [0, 0.05) is 13.5 Å². The second-order valence-electron chi connectivity index (χ2n) is 4.61. The number of carboxylic acid groups (broad SMARTS) is 1. The molecule has 0 fully saturated rings. The summed E-state index contributed by atoms with van der Waals surface area (Å²) < 4.78 is 10.8. The highest BCUT2D eigenvalue weighted by molar-refractivity contribution is 7.15. The number of carboxylic acids is 1. The SMILES string of the molecule is CCc1ccc(C(COC)NC(=O)c2ccc(C(=O)O)s2)o1. The number of methoxy groups -OCH3 is 1. The average Bonchev–Trinajstić information content (AvgIpc) is 3.16. The first-order valence-electron chi connectivity index (χ1n) is 6.76. The molecule has 0 aromatic carbocycles. The first-order valence-corrected chi connectivity index (χ1v) is 7.58. The maximum Gasteiger partial charge on any atom is 0.345 e. The summed E-state index contributed by atoms with van der Waals surface area (Å²) in [4.78, 5) is 23.5. The standard InChI is InChI=1S/C15H17NO5S/c1-3-9-4-5-11(21-9)10(8-20-2)16-14(17)12-6-7-13(22-12)15(18)19/h4-7,10H,3,8H2,1-2H3,(H,16,17)(H,18,19). The van der Waals surface area contributed by atoms with E-state index in [0.29, 0.717) is 10.6 Å². The molecule has 6 nitrogen and oxygen atoms in total. The minimum atomic E-state index is -1.05. The third-order valence-corrected chi connectivity index (χ3v) is 4.13. The second-order valence-corrected chi connectivity index (χ2v) is 5.69. The summed E-state index contributed by atoms with van der Waals surface area (Å²) in [6.45, 7) is 2.24. The molecule has 2 N–H and O–H groups in total. The van der Waals surface area contributed by atoms with Gasteiger partial charge in [-0.1, -0.05) is 6.92 Å². The fraction of sp³-hybridized carbons (Fsp3) is 0.333. The van der Waals surface area contributed by atoms with Crippen LogP contribution in [0, 0.1) is 0 Å². The lowest BCUT2D eigenvalue weighted by atomic mass is 10.2. The summed E-state index contributed by atoms with van der Waals surface area (Å²) in [5.74, 6) is 0.0433. The zero-order chi connectivity index (χ0) is 16.1. The van der Waals surface area contributed by atoms with E-state index in [0.717, 1.165) is 23.5 Å². The fourth-order valence-corrected chi connectivity index (χ4v) is 2.69. The molecule has 22 heavy (non-hydrogen) atoms. The van der Waals surface area contributed by atoms with Crippen LogP contribution in [0.25, 0.3) is 0 Å². The Morgan fingerprint density at radius 1 is 1.32 bits per heavy atom. The number of rotatable bonds is 7. The summed E-state index contributed by atoms with van der Waals surface area (Å²) >= 11 is 0.931. The highest BCUT2D eigenvalue weighted by Crippen LogP contribution is 2.21. The number of hydrogen-bond acceptors (Lipinski definition) is 5. The van der Waals surface area contributed by atoms with E-state index in [-0.39, 0.29) is 17.4 Å². The molecule has 7 heteroatoms. The Morgan fingerprint density at radius 2 is 2.05 bits per heavy atom. The Kier molecular flexibility index (Phi) is 5.35. The van der Waals surface area contributed by atoms with Gasteiger partial charge in [-0.3, -0.25) is 4.79 Å². The van der Waals surface area contributed by atoms with Crippen molar-refractivity contribution in [1.29, 1.82) is 0 Å². The summed E-state index contributed by atoms with van der Waals surface area (Å²) in [5, 5.41) is 11.7. The van der Waals surface area contributed by atoms with Crippen molar-refractivity contribution in [2.24, 2.45) is 0 Å². The fourth-order valence-electron chi connectivity index (χ4n) is 1.94. The van der Waals surface area contributed by atoms with Crippen molar-refractivity contribution < 1.29 is 23.8 Å². The molecule has 118 valence electrons. The molecule has 2 rings (SSSR count). The Balaban J connectivity index is 2.12. The molecule has 2 aromatic rings. The van der Waals surface area contributed by atoms with Crippen LogP contribution >= 0.6 is 11.3 Å². The van der Waals surface area contributed by atoms with E-state index in [2.05, 4.69) is 5.32 Å². The molecular formula is C15H17NO5S. The van der Waals surface area contributed by atoms with E-state index in [9.17, 15) is 9.59 Å². The molecule has 2 heterocycles. The van der Waals surface area contributed by atoms with Crippen LogP contribution < -0.4 is 5.32 Å². The van der Waals surface area contributed by atoms with Crippen molar-refractivity contribution in [2.45, 2.75) is 19.4 Å². The maximum absolute atomic E-state index is 12.2. The van der Waals surface area contributed by atoms with Gasteiger partial charge in [0.15, 0.2) is 0 Å². The first kappa shape index (κ1) is 16.3. The van der Waals surface area contributed by atoms with Crippen LogP contribution in [0.4, 0.5) is 0 Å². The summed E-state index contributed by atoms with van der Waals surface area (Å²) in [7, 11) is 1.54. The largest absolute Gasteiger partial charge is 0.477 e. The Labute approximate surface area is 131 Å². The van der Waals surface area contributed by atoms with Crippen molar-refractivity contribution in [3.63, 3.8) is 0 Å². The molecule has 1 amide bonds. The van der Waals surface area contributed by atoms with Crippen LogP contribution in [-0.4, -0.2) is 30.7 Å². The Morgan fingerprint density at radius 3 is 2.59 bits per heavy atom. The van der Waals surface area contributed by atoms with Gasteiger partial charge in [0.1, 0.15) is 22.4 Å². The van der Waals surface area contributed by atoms with Crippen molar-refractivity contribution in [3.05, 3.63) is 45.5 Å². The number of furan rings is 1. The molecule has 0 spiro atoms. The topological polar surface area (TPSA) is 88.8 Å². The van der Waals surface area contributed by atoms with E-state index < -0.39 is 12.0 Å². The summed E-state index contributed by atoms with van der Waals surface area (Å²) in [5.41, 5.74) is 0. The van der Waals surface area contributed by atoms with Gasteiger partial charge >= 0.3 is 5.97 Å². The number of carbonyl (C=O) groups is 2. The minimum absolute atomic E-state index is 0.125. The second kappa shape index (κ2) is 7.24. The van der Waals surface area contributed by atoms with Crippen molar-refractivity contribution >= 4 is 23.2 Å². The summed E-state index contributed by atoms with van der Waals surface area (Å²) in [6, 6.07) is 6.15. The zero-order valence-corrected chi connectivity index (χ0v) is 13.1. The van der Waals surface area contributed by atoms with Crippen molar-refractivity contribution in [1.82, 2.24) is 5.32 Å². The zero-order valence-electron chi connectivity index (χ0n) is 12.3. The Hall–Kier alpha value is -2.12. The molecule has 0 aliphatic heterocycles. The molecule has 2 aromatic heterocycles. The van der Waals surface area contributed by atoms with Crippen LogP contribution in [0.1, 0.15) is 43.8 Å². The highest BCUT2D eigenvalue weighted by atomic mass is 32.1. The number of aryl methyl sites for hydroxylation is 1. The van der Waals surface area contributed by atoms with Crippen LogP contribution in [0.5, 0.6) is 0 Å². The predicted molar refractivity (Wildman–Crippen MR) is 81.4 cm³/mol. The first-order chi connectivity index (χ1) is 10.5. The molecule has 0 bridgehead atoms. The summed E-state index contributed by atoms with van der Waals surface area (Å²) in [6.07, 6.45) is 0.764. The van der Waals surface area contributed by atoms with Crippen molar-refractivity contribution in [2.75, 3.05) is 13.7 Å². The normalized spacial score (nSPS) is 12.1. The molecular weight excluding hydrogens is 306 g/mol. The van der Waals surface area contributed by atoms with Gasteiger partial charge < -0.3 is 19.6 Å². The van der Waals surface area contributed by atoms with Gasteiger partial charge in [0.05, 0.1) is 11.5 Å². The number of thiophene rings is 1. The van der Waals surface area contributed by atoms with E-state index in [1.54, 1.807) is 6.07 Å². The quantitative estimate of drug-likeness (QED) is 0.818.